The smallest absolute Gasteiger partial charge is 0.0817 e. The maximum Gasteiger partial charge on any atom is 0.0817 e. The first kappa shape index (κ1) is 15.1. The Hall–Kier alpha value is -0.280. The molecule has 1 N–H and O–H groups in total. The Bertz CT molecular complexity index is 434. The highest BCUT2D eigenvalue weighted by molar-refractivity contribution is 6.42. The van der Waals surface area contributed by atoms with Crippen molar-refractivity contribution >= 4 is 23.2 Å². The molecule has 19 heavy (non-hydrogen) atoms. The fourth-order valence-corrected chi connectivity index (χ4v) is 2.84. The van der Waals surface area contributed by atoms with Crippen molar-refractivity contribution in [2.45, 2.75) is 38.3 Å². The van der Waals surface area contributed by atoms with E-state index in [0.29, 0.717) is 22.5 Å². The van der Waals surface area contributed by atoms with Gasteiger partial charge in [0.1, 0.15) is 0 Å². The van der Waals surface area contributed by atoms with Crippen LogP contribution in [0.4, 0.5) is 0 Å². The Balaban J connectivity index is 1.89. The van der Waals surface area contributed by atoms with Crippen LogP contribution in [0.15, 0.2) is 18.2 Å². The van der Waals surface area contributed by atoms with Crippen molar-refractivity contribution in [3.63, 3.8) is 0 Å². The van der Waals surface area contributed by atoms with E-state index in [9.17, 15) is 5.11 Å². The molecule has 1 aromatic rings. The predicted molar refractivity (Wildman–Crippen MR) is 80.9 cm³/mol. The second kappa shape index (κ2) is 6.45. The van der Waals surface area contributed by atoms with Gasteiger partial charge in [-0.25, -0.2) is 0 Å². The molecule has 1 aliphatic carbocycles. The number of halogens is 2. The summed E-state index contributed by atoms with van der Waals surface area (Å²) in [6.07, 6.45) is 2.80. The second-order valence-electron chi connectivity index (χ2n) is 5.51. The van der Waals surface area contributed by atoms with E-state index >= 15 is 0 Å². The predicted octanol–water partition coefficient (Wildman–Crippen LogP) is 4.15. The lowest BCUT2D eigenvalue weighted by Gasteiger charge is -2.25. The Kier molecular flexibility index (Phi) is 5.13. The van der Waals surface area contributed by atoms with Gasteiger partial charge in [-0.3, -0.25) is 0 Å². The lowest BCUT2D eigenvalue weighted by Crippen LogP contribution is -2.32. The van der Waals surface area contributed by atoms with E-state index in [4.69, 9.17) is 23.2 Å². The molecule has 0 spiro atoms. The van der Waals surface area contributed by atoms with Crippen LogP contribution in [0.25, 0.3) is 0 Å². The van der Waals surface area contributed by atoms with Crippen LogP contribution in [0, 0.1) is 5.92 Å². The number of aliphatic hydroxyl groups excluding tert-OH is 1. The summed E-state index contributed by atoms with van der Waals surface area (Å²) >= 11 is 12.1. The third-order valence-corrected chi connectivity index (χ3v) is 4.93. The van der Waals surface area contributed by atoms with Gasteiger partial charge in [-0.2, -0.15) is 0 Å². The third kappa shape index (κ3) is 3.85. The van der Waals surface area contributed by atoms with E-state index in [0.717, 1.165) is 18.0 Å². The molecule has 0 aliphatic heterocycles. The van der Waals surface area contributed by atoms with Crippen LogP contribution in [0.2, 0.25) is 10.0 Å². The summed E-state index contributed by atoms with van der Waals surface area (Å²) < 4.78 is 0. The highest BCUT2D eigenvalue weighted by Crippen LogP contribution is 2.35. The van der Waals surface area contributed by atoms with Crippen molar-refractivity contribution in [2.24, 2.45) is 5.92 Å². The number of hydrogen-bond acceptors (Lipinski definition) is 2. The minimum Gasteiger partial charge on any atom is -0.388 e. The summed E-state index contributed by atoms with van der Waals surface area (Å²) in [5.74, 6) is 0.844. The molecule has 2 rings (SSSR count). The first-order valence-electron chi connectivity index (χ1n) is 6.83. The molecule has 2 nitrogen and oxygen atoms in total. The minimum atomic E-state index is -0.556. The maximum atomic E-state index is 10.2. The minimum absolute atomic E-state index is 0.467. The first-order chi connectivity index (χ1) is 9.00. The molecule has 0 saturated heterocycles. The topological polar surface area (TPSA) is 23.5 Å². The lowest BCUT2D eigenvalue weighted by atomic mass is 10.1. The summed E-state index contributed by atoms with van der Waals surface area (Å²) in [5, 5.41) is 11.2. The van der Waals surface area contributed by atoms with Gasteiger partial charge in [0.05, 0.1) is 16.1 Å². The highest BCUT2D eigenvalue weighted by Gasteiger charge is 2.30. The Morgan fingerprint density at radius 2 is 2.05 bits per heavy atom. The molecular weight excluding hydrogens is 281 g/mol. The van der Waals surface area contributed by atoms with E-state index in [1.165, 1.54) is 12.8 Å². The van der Waals surface area contributed by atoms with Crippen LogP contribution in [0.1, 0.15) is 37.9 Å². The van der Waals surface area contributed by atoms with Crippen LogP contribution in [0.5, 0.6) is 0 Å². The van der Waals surface area contributed by atoms with Gasteiger partial charge in [-0.1, -0.05) is 35.3 Å². The first-order valence-corrected chi connectivity index (χ1v) is 7.58. The van der Waals surface area contributed by atoms with Crippen LogP contribution >= 0.6 is 23.2 Å². The van der Waals surface area contributed by atoms with E-state index < -0.39 is 6.10 Å². The van der Waals surface area contributed by atoms with Crippen molar-refractivity contribution in [1.82, 2.24) is 4.90 Å². The second-order valence-corrected chi connectivity index (χ2v) is 6.29. The Morgan fingerprint density at radius 1 is 1.37 bits per heavy atom. The van der Waals surface area contributed by atoms with Crippen molar-refractivity contribution < 1.29 is 5.11 Å². The maximum absolute atomic E-state index is 10.2. The lowest BCUT2D eigenvalue weighted by molar-refractivity contribution is 0.135. The monoisotopic (exact) mass is 301 g/mol. The average molecular weight is 302 g/mol. The molecular formula is C15H21Cl2NO. The van der Waals surface area contributed by atoms with Gasteiger partial charge in [-0.15, -0.1) is 0 Å². The van der Waals surface area contributed by atoms with E-state index in [1.54, 1.807) is 6.07 Å². The summed E-state index contributed by atoms with van der Waals surface area (Å²) in [4.78, 5) is 2.32. The molecule has 2 unspecified atom stereocenters. The van der Waals surface area contributed by atoms with Crippen molar-refractivity contribution in [2.75, 3.05) is 13.6 Å². The van der Waals surface area contributed by atoms with Crippen LogP contribution < -0.4 is 0 Å². The molecule has 1 saturated carbocycles. The quantitative estimate of drug-likeness (QED) is 0.853. The van der Waals surface area contributed by atoms with Gasteiger partial charge in [0.25, 0.3) is 0 Å². The zero-order valence-electron chi connectivity index (χ0n) is 11.4. The zero-order valence-corrected chi connectivity index (χ0v) is 13.0. The molecule has 1 fully saturated rings. The van der Waals surface area contributed by atoms with Crippen molar-refractivity contribution in [3.8, 4) is 0 Å². The van der Waals surface area contributed by atoms with E-state index in [2.05, 4.69) is 18.9 Å². The molecule has 106 valence electrons. The van der Waals surface area contributed by atoms with Crippen LogP contribution in [-0.4, -0.2) is 29.6 Å². The van der Waals surface area contributed by atoms with Gasteiger partial charge < -0.3 is 10.0 Å². The third-order valence-electron chi connectivity index (χ3n) is 4.10. The molecule has 0 amide bonds. The Labute approximate surface area is 125 Å². The largest absolute Gasteiger partial charge is 0.388 e. The highest BCUT2D eigenvalue weighted by atomic mass is 35.5. The fraction of sp³-hybridized carbons (Fsp3) is 0.600. The standard InChI is InChI=1S/C15H21Cl2NO/c1-10(11-6-7-11)18(2)9-8-14(19)12-4-3-5-13(16)15(12)17/h3-5,10-11,14,19H,6-9H2,1-2H3. The summed E-state index contributed by atoms with van der Waals surface area (Å²) in [6.45, 7) is 3.12. The number of nitrogens with zero attached hydrogens (tertiary/aromatic N) is 1. The molecule has 0 radical (unpaired) electrons. The molecule has 4 heteroatoms. The molecule has 0 bridgehead atoms. The van der Waals surface area contributed by atoms with Gasteiger partial charge in [0, 0.05) is 18.2 Å². The molecule has 2 atom stereocenters. The normalized spacial score (nSPS) is 18.6. The van der Waals surface area contributed by atoms with Crippen LogP contribution in [0.3, 0.4) is 0 Å². The summed E-state index contributed by atoms with van der Waals surface area (Å²) in [7, 11) is 2.12. The van der Waals surface area contributed by atoms with Gasteiger partial charge in [-0.05, 0) is 45.2 Å². The van der Waals surface area contributed by atoms with Crippen LogP contribution in [-0.2, 0) is 0 Å². The van der Waals surface area contributed by atoms with Crippen molar-refractivity contribution in [1.29, 1.82) is 0 Å². The number of rotatable bonds is 6. The van der Waals surface area contributed by atoms with E-state index in [-0.39, 0.29) is 0 Å². The number of hydrogen-bond donors (Lipinski definition) is 1. The number of benzene rings is 1. The molecule has 1 aliphatic rings. The fourth-order valence-electron chi connectivity index (χ4n) is 2.40. The number of aliphatic hydroxyl groups is 1. The molecule has 1 aromatic carbocycles. The molecule has 0 aromatic heterocycles. The van der Waals surface area contributed by atoms with Crippen molar-refractivity contribution in [3.05, 3.63) is 33.8 Å². The van der Waals surface area contributed by atoms with Gasteiger partial charge in [0.15, 0.2) is 0 Å². The summed E-state index contributed by atoms with van der Waals surface area (Å²) in [6, 6.07) is 6.00. The average Bonchev–Trinajstić information content (AvgIpc) is 3.22. The SMILES string of the molecule is CC(C1CC1)N(C)CCC(O)c1cccc(Cl)c1Cl. The van der Waals surface area contributed by atoms with Gasteiger partial charge in [0.2, 0.25) is 0 Å². The van der Waals surface area contributed by atoms with Gasteiger partial charge >= 0.3 is 0 Å². The Morgan fingerprint density at radius 3 is 2.68 bits per heavy atom. The van der Waals surface area contributed by atoms with E-state index in [1.807, 2.05) is 12.1 Å². The zero-order chi connectivity index (χ0) is 14.0. The summed E-state index contributed by atoms with van der Waals surface area (Å²) in [5.41, 5.74) is 0.724. The molecule has 0 heterocycles.